The first-order valence-corrected chi connectivity index (χ1v) is 7.95. The molecule has 25 heavy (non-hydrogen) atoms. The Morgan fingerprint density at radius 1 is 1.36 bits per heavy atom. The van der Waals surface area contributed by atoms with Crippen molar-refractivity contribution >= 4 is 35.1 Å². The molecule has 9 nitrogen and oxygen atoms in total. The van der Waals surface area contributed by atoms with Gasteiger partial charge >= 0.3 is 11.8 Å². The van der Waals surface area contributed by atoms with Gasteiger partial charge < -0.3 is 9.84 Å². The predicted molar refractivity (Wildman–Crippen MR) is 92.0 cm³/mol. The number of unbranched alkanes of at least 4 members (excludes halogenated alkanes) is 1. The van der Waals surface area contributed by atoms with Crippen LogP contribution in [0.25, 0.3) is 5.69 Å². The lowest BCUT2D eigenvalue weighted by molar-refractivity contribution is 0.159. The molecule has 1 aromatic carbocycles. The van der Waals surface area contributed by atoms with E-state index in [0.717, 1.165) is 11.1 Å². The minimum atomic E-state index is -0.898. The van der Waals surface area contributed by atoms with Crippen LogP contribution in [0.5, 0.6) is 5.75 Å². The molecule has 0 spiro atoms. The molecule has 11 heteroatoms. The molecular formula is C14H14Cl2N4O5. The van der Waals surface area contributed by atoms with Crippen LogP contribution in [0.15, 0.2) is 21.7 Å². The van der Waals surface area contributed by atoms with Gasteiger partial charge in [-0.3, -0.25) is 15.1 Å². The van der Waals surface area contributed by atoms with Crippen LogP contribution in [0.2, 0.25) is 10.0 Å². The zero-order valence-electron chi connectivity index (χ0n) is 13.0. The Morgan fingerprint density at radius 2 is 2.00 bits per heavy atom. The van der Waals surface area contributed by atoms with Crippen LogP contribution in [0.4, 0.5) is 10.6 Å². The van der Waals surface area contributed by atoms with E-state index in [0.29, 0.717) is 6.42 Å². The molecule has 0 atom stereocenters. The SMILES string of the molecule is CCCCOC(=O)Nc1nn(-c2cc(Cl)c(O)c(Cl)c2)c(=O)[nH]c1=O. The van der Waals surface area contributed by atoms with Gasteiger partial charge in [0.1, 0.15) is 0 Å². The minimum absolute atomic E-state index is 0.0800. The van der Waals surface area contributed by atoms with Crippen LogP contribution < -0.4 is 16.6 Å². The number of anilines is 1. The Hall–Kier alpha value is -2.52. The van der Waals surface area contributed by atoms with Gasteiger partial charge in [0.25, 0.3) is 5.56 Å². The lowest BCUT2D eigenvalue weighted by Gasteiger charge is -2.09. The maximum atomic E-state index is 11.9. The quantitative estimate of drug-likeness (QED) is 0.674. The second-order valence-corrected chi connectivity index (χ2v) is 5.71. The van der Waals surface area contributed by atoms with Gasteiger partial charge in [0.05, 0.1) is 22.3 Å². The summed E-state index contributed by atoms with van der Waals surface area (Å²) >= 11 is 11.6. The van der Waals surface area contributed by atoms with E-state index in [1.807, 2.05) is 11.9 Å². The summed E-state index contributed by atoms with van der Waals surface area (Å²) in [5, 5.41) is 15.3. The molecule has 0 radical (unpaired) electrons. The average Bonchev–Trinajstić information content (AvgIpc) is 2.55. The van der Waals surface area contributed by atoms with Crippen molar-refractivity contribution in [3.8, 4) is 11.4 Å². The molecule has 0 unspecified atom stereocenters. The number of carbonyl (C=O) groups is 1. The number of phenols is 1. The molecule has 0 fully saturated rings. The number of hydrogen-bond acceptors (Lipinski definition) is 6. The molecule has 0 aliphatic carbocycles. The molecule has 0 aliphatic heterocycles. The normalized spacial score (nSPS) is 10.5. The fourth-order valence-corrected chi connectivity index (χ4v) is 2.25. The van der Waals surface area contributed by atoms with Gasteiger partial charge in [-0.25, -0.2) is 9.59 Å². The molecule has 3 N–H and O–H groups in total. The lowest BCUT2D eigenvalue weighted by Crippen LogP contribution is -2.34. The number of aromatic nitrogens is 3. The van der Waals surface area contributed by atoms with E-state index in [-0.39, 0.29) is 28.1 Å². The van der Waals surface area contributed by atoms with Crippen molar-refractivity contribution in [2.24, 2.45) is 0 Å². The van der Waals surface area contributed by atoms with Crippen molar-refractivity contribution in [3.63, 3.8) is 0 Å². The molecule has 0 aliphatic rings. The number of H-pyrrole nitrogens is 1. The van der Waals surface area contributed by atoms with Crippen LogP contribution in [0, 0.1) is 0 Å². The predicted octanol–water partition coefficient (Wildman–Crippen LogP) is 2.28. The smallest absolute Gasteiger partial charge is 0.413 e. The van der Waals surface area contributed by atoms with Crippen LogP contribution in [-0.2, 0) is 4.74 Å². The number of aromatic amines is 1. The van der Waals surface area contributed by atoms with Crippen molar-refractivity contribution in [3.05, 3.63) is 43.0 Å². The maximum Gasteiger partial charge on any atom is 0.413 e. The highest BCUT2D eigenvalue weighted by atomic mass is 35.5. The Kier molecular flexibility index (Phi) is 6.05. The number of nitrogens with zero attached hydrogens (tertiary/aromatic N) is 2. The Bertz CT molecular complexity index is 886. The fourth-order valence-electron chi connectivity index (χ4n) is 1.77. The summed E-state index contributed by atoms with van der Waals surface area (Å²) in [7, 11) is 0. The molecule has 2 rings (SSSR count). The zero-order chi connectivity index (χ0) is 18.6. The topological polar surface area (TPSA) is 126 Å². The molecule has 1 amide bonds. The Labute approximate surface area is 151 Å². The van der Waals surface area contributed by atoms with Gasteiger partial charge in [-0.15, -0.1) is 5.10 Å². The molecule has 1 aromatic heterocycles. The number of aromatic hydroxyl groups is 1. The summed E-state index contributed by atoms with van der Waals surface area (Å²) in [5.41, 5.74) is -1.70. The summed E-state index contributed by atoms with van der Waals surface area (Å²) < 4.78 is 5.63. The summed E-state index contributed by atoms with van der Waals surface area (Å²) in [5.74, 6) is -0.802. The zero-order valence-corrected chi connectivity index (χ0v) is 14.5. The monoisotopic (exact) mass is 388 g/mol. The number of nitrogens with one attached hydrogen (secondary N) is 2. The second kappa shape index (κ2) is 8.04. The third kappa shape index (κ3) is 4.52. The Morgan fingerprint density at radius 3 is 2.60 bits per heavy atom. The largest absolute Gasteiger partial charge is 0.505 e. The first-order valence-electron chi connectivity index (χ1n) is 7.19. The third-order valence-electron chi connectivity index (χ3n) is 3.03. The van der Waals surface area contributed by atoms with Gasteiger partial charge in [-0.1, -0.05) is 36.5 Å². The van der Waals surface area contributed by atoms with Crippen LogP contribution in [-0.4, -0.2) is 32.6 Å². The van der Waals surface area contributed by atoms with Crippen LogP contribution >= 0.6 is 23.2 Å². The number of hydrogen-bond donors (Lipinski definition) is 3. The van der Waals surface area contributed by atoms with Crippen LogP contribution in [0.1, 0.15) is 19.8 Å². The van der Waals surface area contributed by atoms with Gasteiger partial charge in [0.15, 0.2) is 5.75 Å². The second-order valence-electron chi connectivity index (χ2n) is 4.89. The van der Waals surface area contributed by atoms with Gasteiger partial charge in [-0.2, -0.15) is 4.68 Å². The highest BCUT2D eigenvalue weighted by Crippen LogP contribution is 2.33. The molecule has 1 heterocycles. The van der Waals surface area contributed by atoms with Gasteiger partial charge in [0.2, 0.25) is 5.82 Å². The lowest BCUT2D eigenvalue weighted by atomic mass is 10.3. The number of halogens is 2. The molecule has 0 saturated heterocycles. The van der Waals surface area contributed by atoms with Gasteiger partial charge in [-0.05, 0) is 18.6 Å². The molecule has 0 bridgehead atoms. The van der Waals surface area contributed by atoms with E-state index in [2.05, 4.69) is 10.4 Å². The first kappa shape index (κ1) is 18.8. The number of phenolic OH excluding ortho intramolecular Hbond substituents is 1. The average molecular weight is 389 g/mol. The van der Waals surface area contributed by atoms with E-state index in [9.17, 15) is 19.5 Å². The van der Waals surface area contributed by atoms with Crippen molar-refractivity contribution in [1.82, 2.24) is 14.8 Å². The molecule has 2 aromatic rings. The molecule has 0 saturated carbocycles. The van der Waals surface area contributed by atoms with E-state index < -0.39 is 23.2 Å². The first-order chi connectivity index (χ1) is 11.8. The highest BCUT2D eigenvalue weighted by Gasteiger charge is 2.14. The summed E-state index contributed by atoms with van der Waals surface area (Å²) in [6.07, 6.45) is 0.624. The molecular weight excluding hydrogens is 375 g/mol. The van der Waals surface area contributed by atoms with E-state index in [1.54, 1.807) is 0 Å². The minimum Gasteiger partial charge on any atom is -0.505 e. The summed E-state index contributed by atoms with van der Waals surface area (Å²) in [6, 6.07) is 2.44. The van der Waals surface area contributed by atoms with Crippen molar-refractivity contribution < 1.29 is 14.6 Å². The maximum absolute atomic E-state index is 11.9. The number of amides is 1. The van der Waals surface area contributed by atoms with Crippen molar-refractivity contribution in [2.75, 3.05) is 11.9 Å². The standard InChI is InChI=1S/C14H14Cl2N4O5/c1-2-3-4-25-14(24)17-11-12(22)18-13(23)20(19-11)7-5-8(15)10(21)9(16)6-7/h5-6,21H,2-4H2,1H3,(H,17,19,24)(H,18,22,23). The van der Waals surface area contributed by atoms with Crippen molar-refractivity contribution in [1.29, 1.82) is 0 Å². The Balaban J connectivity index is 2.37. The van der Waals surface area contributed by atoms with E-state index in [4.69, 9.17) is 27.9 Å². The number of benzene rings is 1. The summed E-state index contributed by atoms with van der Waals surface area (Å²) in [6.45, 7) is 2.11. The van der Waals surface area contributed by atoms with Crippen LogP contribution in [0.3, 0.4) is 0 Å². The third-order valence-corrected chi connectivity index (χ3v) is 3.60. The summed E-state index contributed by atoms with van der Waals surface area (Å²) in [4.78, 5) is 37.4. The van der Waals surface area contributed by atoms with E-state index >= 15 is 0 Å². The fraction of sp³-hybridized carbons (Fsp3) is 0.286. The number of ether oxygens (including phenoxy) is 1. The highest BCUT2D eigenvalue weighted by molar-refractivity contribution is 6.37. The number of rotatable bonds is 5. The molecule has 134 valence electrons. The number of carbonyl (C=O) groups excluding carboxylic acids is 1. The van der Waals surface area contributed by atoms with Crippen molar-refractivity contribution in [2.45, 2.75) is 19.8 Å². The van der Waals surface area contributed by atoms with E-state index in [1.165, 1.54) is 12.1 Å². The van der Waals surface area contributed by atoms with Gasteiger partial charge in [0, 0.05) is 0 Å².